The minimum absolute atomic E-state index is 0.0548. The summed E-state index contributed by atoms with van der Waals surface area (Å²) in [5, 5.41) is 8.69. The number of hydrogen-bond donors (Lipinski definition) is 1. The quantitative estimate of drug-likeness (QED) is 0.772. The highest BCUT2D eigenvalue weighted by Gasteiger charge is 2.08. The van der Waals surface area contributed by atoms with Gasteiger partial charge < -0.3 is 9.84 Å². The van der Waals surface area contributed by atoms with Crippen molar-refractivity contribution in [3.8, 4) is 5.75 Å². The third kappa shape index (κ3) is 4.19. The Kier molecular flexibility index (Phi) is 5.16. The molecule has 0 amide bonds. The number of benzene rings is 1. The monoisotopic (exact) mass is 236 g/mol. The van der Waals surface area contributed by atoms with Crippen LogP contribution in [0.3, 0.4) is 0 Å². The predicted octanol–water partition coefficient (Wildman–Crippen LogP) is 2.74. The van der Waals surface area contributed by atoms with Crippen LogP contribution in [0.1, 0.15) is 42.6 Å². The Balaban J connectivity index is 2.77. The van der Waals surface area contributed by atoms with E-state index in [0.29, 0.717) is 18.4 Å². The summed E-state index contributed by atoms with van der Waals surface area (Å²) < 4.78 is 5.61. The minimum Gasteiger partial charge on any atom is -0.491 e. The highest BCUT2D eigenvalue weighted by atomic mass is 16.5. The molecule has 17 heavy (non-hydrogen) atoms. The maximum atomic E-state index is 11.7. The molecule has 0 aliphatic rings. The Morgan fingerprint density at radius 3 is 2.65 bits per heavy atom. The highest BCUT2D eigenvalue weighted by Crippen LogP contribution is 2.21. The molecular weight excluding hydrogens is 216 g/mol. The van der Waals surface area contributed by atoms with Gasteiger partial charge in [-0.05, 0) is 51.0 Å². The number of ketones is 1. The summed E-state index contributed by atoms with van der Waals surface area (Å²) in [5.74, 6) is 0.886. The molecule has 0 heterocycles. The lowest BCUT2D eigenvalue weighted by Crippen LogP contribution is -2.07. The first kappa shape index (κ1) is 13.7. The van der Waals surface area contributed by atoms with Gasteiger partial charge in [0, 0.05) is 18.6 Å². The zero-order valence-corrected chi connectivity index (χ0v) is 10.7. The molecule has 94 valence electrons. The first-order valence-electron chi connectivity index (χ1n) is 5.96. The van der Waals surface area contributed by atoms with Crippen molar-refractivity contribution in [1.29, 1.82) is 0 Å². The van der Waals surface area contributed by atoms with Crippen LogP contribution in [-0.2, 0) is 0 Å². The van der Waals surface area contributed by atoms with E-state index in [4.69, 9.17) is 9.84 Å². The molecule has 0 saturated heterocycles. The van der Waals surface area contributed by atoms with Gasteiger partial charge in [0.1, 0.15) is 5.75 Å². The Labute approximate surface area is 102 Å². The standard InChI is InChI=1S/C14H20O3/c1-10(2)17-14-7-6-12(9-11(14)3)13(16)5-4-8-15/h6-7,9-10,15H,4-5,8H2,1-3H3. The molecule has 0 unspecified atom stereocenters. The van der Waals surface area contributed by atoms with Gasteiger partial charge in [-0.3, -0.25) is 4.79 Å². The van der Waals surface area contributed by atoms with Gasteiger partial charge >= 0.3 is 0 Å². The maximum absolute atomic E-state index is 11.7. The van der Waals surface area contributed by atoms with Crippen molar-refractivity contribution in [3.63, 3.8) is 0 Å². The number of hydrogen-bond acceptors (Lipinski definition) is 3. The number of aliphatic hydroxyl groups is 1. The van der Waals surface area contributed by atoms with Crippen LogP contribution in [0, 0.1) is 6.92 Å². The fourth-order valence-electron chi connectivity index (χ4n) is 1.59. The zero-order valence-electron chi connectivity index (χ0n) is 10.7. The number of Topliss-reactive ketones (excluding diaryl/α,β-unsaturated/α-hetero) is 1. The van der Waals surface area contributed by atoms with Gasteiger partial charge in [0.2, 0.25) is 0 Å². The average molecular weight is 236 g/mol. The zero-order chi connectivity index (χ0) is 12.8. The number of carbonyl (C=O) groups is 1. The third-order valence-corrected chi connectivity index (χ3v) is 2.42. The molecule has 0 fully saturated rings. The van der Waals surface area contributed by atoms with Crippen molar-refractivity contribution in [2.45, 2.75) is 39.7 Å². The predicted molar refractivity (Wildman–Crippen MR) is 67.6 cm³/mol. The van der Waals surface area contributed by atoms with Crippen LogP contribution in [0.5, 0.6) is 5.75 Å². The fraction of sp³-hybridized carbons (Fsp3) is 0.500. The van der Waals surface area contributed by atoms with E-state index in [1.165, 1.54) is 0 Å². The molecule has 3 nitrogen and oxygen atoms in total. The number of aliphatic hydroxyl groups excluding tert-OH is 1. The summed E-state index contributed by atoms with van der Waals surface area (Å²) in [5.41, 5.74) is 1.65. The SMILES string of the molecule is Cc1cc(C(=O)CCCO)ccc1OC(C)C. The topological polar surface area (TPSA) is 46.5 Å². The number of rotatable bonds is 6. The smallest absolute Gasteiger partial charge is 0.162 e. The maximum Gasteiger partial charge on any atom is 0.162 e. The second-order valence-corrected chi connectivity index (χ2v) is 4.40. The molecular formula is C14H20O3. The van der Waals surface area contributed by atoms with Crippen molar-refractivity contribution in [2.24, 2.45) is 0 Å². The van der Waals surface area contributed by atoms with E-state index in [1.54, 1.807) is 6.07 Å². The lowest BCUT2D eigenvalue weighted by Gasteiger charge is -2.13. The molecule has 1 aromatic carbocycles. The summed E-state index contributed by atoms with van der Waals surface area (Å²) >= 11 is 0. The van der Waals surface area contributed by atoms with Crippen LogP contribution in [0.2, 0.25) is 0 Å². The fourth-order valence-corrected chi connectivity index (χ4v) is 1.59. The van der Waals surface area contributed by atoms with Crippen LogP contribution in [0.4, 0.5) is 0 Å². The largest absolute Gasteiger partial charge is 0.491 e. The van der Waals surface area contributed by atoms with Crippen LogP contribution in [-0.4, -0.2) is 23.6 Å². The Bertz CT molecular complexity index is 383. The summed E-state index contributed by atoms with van der Waals surface area (Å²) in [6.45, 7) is 5.93. The molecule has 0 aliphatic heterocycles. The Morgan fingerprint density at radius 2 is 2.12 bits per heavy atom. The molecule has 1 N–H and O–H groups in total. The Morgan fingerprint density at radius 1 is 1.41 bits per heavy atom. The summed E-state index contributed by atoms with van der Waals surface area (Å²) in [4.78, 5) is 11.7. The summed E-state index contributed by atoms with van der Waals surface area (Å²) in [6, 6.07) is 5.46. The van der Waals surface area contributed by atoms with Crippen molar-refractivity contribution < 1.29 is 14.6 Å². The lowest BCUT2D eigenvalue weighted by atomic mass is 10.0. The van der Waals surface area contributed by atoms with Crippen LogP contribution in [0.25, 0.3) is 0 Å². The summed E-state index contributed by atoms with van der Waals surface area (Å²) in [7, 11) is 0. The normalized spacial score (nSPS) is 10.6. The molecule has 1 aromatic rings. The van der Waals surface area contributed by atoms with Crippen molar-refractivity contribution >= 4 is 5.78 Å². The molecule has 0 radical (unpaired) electrons. The molecule has 0 bridgehead atoms. The molecule has 0 aliphatic carbocycles. The third-order valence-electron chi connectivity index (χ3n) is 2.42. The van der Waals surface area contributed by atoms with Gasteiger partial charge in [-0.1, -0.05) is 0 Å². The van der Waals surface area contributed by atoms with Gasteiger partial charge in [-0.25, -0.2) is 0 Å². The minimum atomic E-state index is 0.0548. The molecule has 0 spiro atoms. The second kappa shape index (κ2) is 6.40. The van der Waals surface area contributed by atoms with Crippen molar-refractivity contribution in [2.75, 3.05) is 6.61 Å². The molecule has 0 atom stereocenters. The molecule has 3 heteroatoms. The second-order valence-electron chi connectivity index (χ2n) is 4.40. The van der Waals surface area contributed by atoms with Gasteiger partial charge in [0.15, 0.2) is 5.78 Å². The molecule has 1 rings (SSSR count). The van der Waals surface area contributed by atoms with Crippen molar-refractivity contribution in [1.82, 2.24) is 0 Å². The van der Waals surface area contributed by atoms with Gasteiger partial charge in [-0.2, -0.15) is 0 Å². The number of carbonyl (C=O) groups excluding carboxylic acids is 1. The van der Waals surface area contributed by atoms with E-state index in [-0.39, 0.29) is 18.5 Å². The first-order valence-corrected chi connectivity index (χ1v) is 5.96. The van der Waals surface area contributed by atoms with Gasteiger partial charge in [0.05, 0.1) is 6.10 Å². The van der Waals surface area contributed by atoms with E-state index in [0.717, 1.165) is 11.3 Å². The van der Waals surface area contributed by atoms with Crippen LogP contribution < -0.4 is 4.74 Å². The number of ether oxygens (including phenoxy) is 1. The Hall–Kier alpha value is -1.35. The average Bonchev–Trinajstić information content (AvgIpc) is 2.28. The van der Waals surface area contributed by atoms with E-state index in [2.05, 4.69) is 0 Å². The van der Waals surface area contributed by atoms with Crippen molar-refractivity contribution in [3.05, 3.63) is 29.3 Å². The van der Waals surface area contributed by atoms with Gasteiger partial charge in [0.25, 0.3) is 0 Å². The van der Waals surface area contributed by atoms with E-state index >= 15 is 0 Å². The lowest BCUT2D eigenvalue weighted by molar-refractivity contribution is 0.0971. The van der Waals surface area contributed by atoms with E-state index in [1.807, 2.05) is 32.9 Å². The van der Waals surface area contributed by atoms with Crippen LogP contribution >= 0.6 is 0 Å². The van der Waals surface area contributed by atoms with Crippen LogP contribution in [0.15, 0.2) is 18.2 Å². The van der Waals surface area contributed by atoms with E-state index < -0.39 is 0 Å². The molecule has 0 aromatic heterocycles. The highest BCUT2D eigenvalue weighted by molar-refractivity contribution is 5.96. The molecule has 0 saturated carbocycles. The van der Waals surface area contributed by atoms with Gasteiger partial charge in [-0.15, -0.1) is 0 Å². The number of aryl methyl sites for hydroxylation is 1. The van der Waals surface area contributed by atoms with E-state index in [9.17, 15) is 4.79 Å². The summed E-state index contributed by atoms with van der Waals surface area (Å²) in [6.07, 6.45) is 1.03. The first-order chi connectivity index (χ1) is 8.04.